The van der Waals surface area contributed by atoms with Crippen LogP contribution in [0.1, 0.15) is 38.2 Å². The number of nitro benzene ring substituents is 1. The van der Waals surface area contributed by atoms with Gasteiger partial charge >= 0.3 is 0 Å². The van der Waals surface area contributed by atoms with Gasteiger partial charge in [0, 0.05) is 18.2 Å². The molecule has 2 bridgehead atoms. The zero-order valence-corrected chi connectivity index (χ0v) is 13.3. The first-order chi connectivity index (χ1) is 11.0. The minimum atomic E-state index is -0.435. The molecular weight excluding hydrogens is 292 g/mol. The van der Waals surface area contributed by atoms with Gasteiger partial charge in [0.15, 0.2) is 0 Å². The molecule has 122 valence electrons. The van der Waals surface area contributed by atoms with Gasteiger partial charge in [-0.05, 0) is 56.1 Å². The highest BCUT2D eigenvalue weighted by atomic mass is 16.6. The molecule has 0 aromatic heterocycles. The van der Waals surface area contributed by atoms with Crippen LogP contribution in [0.5, 0.6) is 0 Å². The fourth-order valence-electron chi connectivity index (χ4n) is 4.25. The average Bonchev–Trinajstić information content (AvgIpc) is 3.16. The standard InChI is InChI=1S/C18H22N2O3/c1-12(16-11-13-6-7-15(16)10-13)19-18(21)9-8-14-4-2-3-5-17(14)20(22)23/h2-5,8-9,12-13,15-16H,6-7,10-11H2,1H3,(H,19,21)/b9-8+. The molecule has 1 amide bonds. The van der Waals surface area contributed by atoms with Gasteiger partial charge in [-0.2, -0.15) is 0 Å². The maximum Gasteiger partial charge on any atom is 0.276 e. The Morgan fingerprint density at radius 3 is 2.78 bits per heavy atom. The Bertz CT molecular complexity index is 641. The van der Waals surface area contributed by atoms with E-state index in [0.29, 0.717) is 11.5 Å². The average molecular weight is 314 g/mol. The molecule has 4 atom stereocenters. The van der Waals surface area contributed by atoms with Gasteiger partial charge in [-0.1, -0.05) is 18.6 Å². The summed E-state index contributed by atoms with van der Waals surface area (Å²) in [5.74, 6) is 2.01. The fourth-order valence-corrected chi connectivity index (χ4v) is 4.25. The van der Waals surface area contributed by atoms with Gasteiger partial charge in [-0.15, -0.1) is 0 Å². The van der Waals surface area contributed by atoms with Gasteiger partial charge in [0.2, 0.25) is 5.91 Å². The predicted octanol–water partition coefficient (Wildman–Crippen LogP) is 3.55. The second-order valence-electron chi connectivity index (χ2n) is 6.79. The fraction of sp³-hybridized carbons (Fsp3) is 0.500. The summed E-state index contributed by atoms with van der Waals surface area (Å²) in [5, 5.41) is 14.0. The number of nitro groups is 1. The van der Waals surface area contributed by atoms with Crippen molar-refractivity contribution < 1.29 is 9.72 Å². The van der Waals surface area contributed by atoms with Crippen molar-refractivity contribution in [2.24, 2.45) is 17.8 Å². The van der Waals surface area contributed by atoms with Gasteiger partial charge < -0.3 is 5.32 Å². The van der Waals surface area contributed by atoms with Gasteiger partial charge in [-0.3, -0.25) is 14.9 Å². The van der Waals surface area contributed by atoms with Crippen LogP contribution < -0.4 is 5.32 Å². The second-order valence-corrected chi connectivity index (χ2v) is 6.79. The number of hydrogen-bond donors (Lipinski definition) is 1. The Kier molecular flexibility index (Phi) is 4.46. The minimum absolute atomic E-state index is 0.0118. The monoisotopic (exact) mass is 314 g/mol. The molecule has 0 spiro atoms. The van der Waals surface area contributed by atoms with Crippen molar-refractivity contribution in [3.05, 3.63) is 46.0 Å². The quantitative estimate of drug-likeness (QED) is 0.513. The van der Waals surface area contributed by atoms with E-state index < -0.39 is 4.92 Å². The van der Waals surface area contributed by atoms with E-state index in [-0.39, 0.29) is 17.6 Å². The van der Waals surface area contributed by atoms with E-state index in [1.165, 1.54) is 43.9 Å². The Morgan fingerprint density at radius 1 is 1.35 bits per heavy atom. The third-order valence-corrected chi connectivity index (χ3v) is 5.35. The molecule has 3 rings (SSSR count). The van der Waals surface area contributed by atoms with Gasteiger partial charge in [0.25, 0.3) is 5.69 Å². The van der Waals surface area contributed by atoms with Gasteiger partial charge in [0.05, 0.1) is 10.5 Å². The molecule has 1 aromatic rings. The van der Waals surface area contributed by atoms with Crippen molar-refractivity contribution in [3.8, 4) is 0 Å². The Balaban J connectivity index is 1.60. The van der Waals surface area contributed by atoms with Crippen molar-refractivity contribution in [1.82, 2.24) is 5.32 Å². The zero-order chi connectivity index (χ0) is 16.4. The number of nitrogens with one attached hydrogen (secondary N) is 1. The Morgan fingerprint density at radius 2 is 2.13 bits per heavy atom. The number of carbonyl (C=O) groups excluding carboxylic acids is 1. The lowest BCUT2D eigenvalue weighted by Crippen LogP contribution is -2.39. The first-order valence-corrected chi connectivity index (χ1v) is 8.26. The largest absolute Gasteiger partial charge is 0.350 e. The molecule has 1 N–H and O–H groups in total. The number of rotatable bonds is 5. The number of amides is 1. The van der Waals surface area contributed by atoms with E-state index in [1.807, 2.05) is 0 Å². The smallest absolute Gasteiger partial charge is 0.276 e. The summed E-state index contributed by atoms with van der Waals surface area (Å²) in [6.45, 7) is 2.07. The third-order valence-electron chi connectivity index (χ3n) is 5.35. The summed E-state index contributed by atoms with van der Waals surface area (Å²) in [7, 11) is 0. The van der Waals surface area contributed by atoms with Crippen LogP contribution in [-0.4, -0.2) is 16.9 Å². The summed E-state index contributed by atoms with van der Waals surface area (Å²) in [6.07, 6.45) is 8.09. The van der Waals surface area contributed by atoms with Crippen molar-refractivity contribution in [1.29, 1.82) is 0 Å². The SMILES string of the molecule is CC(NC(=O)/C=C/c1ccccc1[N+](=O)[O-])C1CC2CCC1C2. The maximum atomic E-state index is 12.1. The number of hydrogen-bond acceptors (Lipinski definition) is 3. The molecular formula is C18H22N2O3. The van der Waals surface area contributed by atoms with E-state index >= 15 is 0 Å². The topological polar surface area (TPSA) is 72.2 Å². The van der Waals surface area contributed by atoms with Crippen molar-refractivity contribution >= 4 is 17.7 Å². The molecule has 0 saturated heterocycles. The number of nitrogens with zero attached hydrogens (tertiary/aromatic N) is 1. The number of carbonyl (C=O) groups is 1. The highest BCUT2D eigenvalue weighted by Crippen LogP contribution is 2.49. The summed E-state index contributed by atoms with van der Waals surface area (Å²) >= 11 is 0. The van der Waals surface area contributed by atoms with Gasteiger partial charge in [-0.25, -0.2) is 0 Å². The summed E-state index contributed by atoms with van der Waals surface area (Å²) in [6, 6.07) is 6.58. The lowest BCUT2D eigenvalue weighted by molar-refractivity contribution is -0.385. The molecule has 5 heteroatoms. The van der Waals surface area contributed by atoms with Crippen LogP contribution in [0.15, 0.2) is 30.3 Å². The number of benzene rings is 1. The van der Waals surface area contributed by atoms with Crippen LogP contribution in [0.25, 0.3) is 6.08 Å². The molecule has 0 heterocycles. The van der Waals surface area contributed by atoms with Crippen LogP contribution >= 0.6 is 0 Å². The predicted molar refractivity (Wildman–Crippen MR) is 88.7 cm³/mol. The lowest BCUT2D eigenvalue weighted by Gasteiger charge is -2.28. The molecule has 0 aliphatic heterocycles. The molecule has 1 aromatic carbocycles. The Labute approximate surface area is 135 Å². The second kappa shape index (κ2) is 6.52. The zero-order valence-electron chi connectivity index (χ0n) is 13.3. The van der Waals surface area contributed by atoms with E-state index in [9.17, 15) is 14.9 Å². The Hall–Kier alpha value is -2.17. The van der Waals surface area contributed by atoms with Crippen LogP contribution in [0.3, 0.4) is 0 Å². The maximum absolute atomic E-state index is 12.1. The highest BCUT2D eigenvalue weighted by Gasteiger charge is 2.41. The van der Waals surface area contributed by atoms with Crippen LogP contribution in [-0.2, 0) is 4.79 Å². The summed E-state index contributed by atoms with van der Waals surface area (Å²) in [4.78, 5) is 22.6. The summed E-state index contributed by atoms with van der Waals surface area (Å²) in [5.41, 5.74) is 0.456. The minimum Gasteiger partial charge on any atom is -0.350 e. The van der Waals surface area contributed by atoms with Crippen molar-refractivity contribution in [2.45, 2.75) is 38.6 Å². The highest BCUT2D eigenvalue weighted by molar-refractivity contribution is 5.92. The molecule has 4 unspecified atom stereocenters. The molecule has 5 nitrogen and oxygen atoms in total. The summed E-state index contributed by atoms with van der Waals surface area (Å²) < 4.78 is 0. The molecule has 2 aliphatic carbocycles. The lowest BCUT2D eigenvalue weighted by atomic mass is 9.84. The van der Waals surface area contributed by atoms with Crippen LogP contribution in [0.4, 0.5) is 5.69 Å². The van der Waals surface area contributed by atoms with E-state index in [4.69, 9.17) is 0 Å². The number of fused-ring (bicyclic) bond motifs is 2. The van der Waals surface area contributed by atoms with E-state index in [2.05, 4.69) is 12.2 Å². The normalized spacial score (nSPS) is 27.3. The van der Waals surface area contributed by atoms with E-state index in [1.54, 1.807) is 18.2 Å². The van der Waals surface area contributed by atoms with Gasteiger partial charge in [0.1, 0.15) is 0 Å². The van der Waals surface area contributed by atoms with Crippen molar-refractivity contribution in [3.63, 3.8) is 0 Å². The molecule has 2 aliphatic rings. The number of para-hydroxylation sites is 1. The first-order valence-electron chi connectivity index (χ1n) is 8.26. The van der Waals surface area contributed by atoms with E-state index in [0.717, 1.165) is 11.8 Å². The molecule has 23 heavy (non-hydrogen) atoms. The first kappa shape index (κ1) is 15.7. The van der Waals surface area contributed by atoms with Crippen molar-refractivity contribution in [2.75, 3.05) is 0 Å². The van der Waals surface area contributed by atoms with Crippen LogP contribution in [0, 0.1) is 27.9 Å². The molecule has 0 radical (unpaired) electrons. The molecule has 2 fully saturated rings. The third kappa shape index (κ3) is 3.44. The molecule has 2 saturated carbocycles. The van der Waals surface area contributed by atoms with Crippen LogP contribution in [0.2, 0.25) is 0 Å².